The molecule has 2 aliphatic heterocycles. The van der Waals surface area contributed by atoms with Gasteiger partial charge in [0.2, 0.25) is 0 Å². The molecule has 0 radical (unpaired) electrons. The van der Waals surface area contributed by atoms with Crippen molar-refractivity contribution in [3.8, 4) is 11.1 Å². The second-order valence-electron chi connectivity index (χ2n) is 5.48. The van der Waals surface area contributed by atoms with Gasteiger partial charge >= 0.3 is 6.85 Å². The predicted molar refractivity (Wildman–Crippen MR) is 91.1 cm³/mol. The van der Waals surface area contributed by atoms with Crippen LogP contribution in [0.2, 0.25) is 0 Å². The first-order chi connectivity index (χ1) is 10.4. The molecule has 2 heterocycles. The lowest BCUT2D eigenvalue weighted by Crippen LogP contribution is -2.55. The van der Waals surface area contributed by atoms with Crippen molar-refractivity contribution in [3.05, 3.63) is 66.7 Å². The largest absolute Gasteiger partial charge is 0.420 e. The van der Waals surface area contributed by atoms with Crippen molar-refractivity contribution in [1.82, 2.24) is 0 Å². The Bertz CT molecular complexity index is 875. The van der Waals surface area contributed by atoms with E-state index in [0.29, 0.717) is 0 Å². The quantitative estimate of drug-likeness (QED) is 0.636. The molecule has 0 fully saturated rings. The topological polar surface area (TPSA) is 12.0 Å². The molecule has 0 aliphatic carbocycles. The van der Waals surface area contributed by atoms with Gasteiger partial charge in [-0.05, 0) is 34.7 Å². The van der Waals surface area contributed by atoms with Crippen molar-refractivity contribution in [1.29, 1.82) is 0 Å². The number of nitrogens with one attached hydrogen (secondary N) is 1. The minimum Gasteiger partial charge on any atom is -0.420 e. The van der Waals surface area contributed by atoms with Crippen molar-refractivity contribution in [2.24, 2.45) is 0 Å². The van der Waals surface area contributed by atoms with Gasteiger partial charge in [0.25, 0.3) is 0 Å². The summed E-state index contributed by atoms with van der Waals surface area (Å²) in [5.74, 6) is 0. The first kappa shape index (κ1) is 11.5. The van der Waals surface area contributed by atoms with Crippen molar-refractivity contribution < 1.29 is 0 Å². The molecule has 0 bridgehead atoms. The summed E-state index contributed by atoms with van der Waals surface area (Å²) in [4.78, 5) is 2.73. The molecule has 0 atom stereocenters. The minimum atomic E-state index is 0.267. The highest BCUT2D eigenvalue weighted by atomic mass is 32.2. The molecule has 3 aromatic carbocycles. The fourth-order valence-electron chi connectivity index (χ4n) is 3.40. The highest BCUT2D eigenvalue weighted by Crippen LogP contribution is 2.38. The van der Waals surface area contributed by atoms with Crippen LogP contribution in [0, 0.1) is 0 Å². The maximum absolute atomic E-state index is 3.74. The van der Waals surface area contributed by atoms with Crippen molar-refractivity contribution in [3.63, 3.8) is 0 Å². The third-order valence-electron chi connectivity index (χ3n) is 4.32. The van der Waals surface area contributed by atoms with Crippen LogP contribution in [0.5, 0.6) is 0 Å². The fourth-order valence-corrected chi connectivity index (χ4v) is 4.57. The Morgan fingerprint density at radius 2 is 1.48 bits per heavy atom. The second-order valence-corrected chi connectivity index (χ2v) is 6.56. The molecular weight excluding hydrogens is 273 g/mol. The first-order valence-electron chi connectivity index (χ1n) is 7.17. The van der Waals surface area contributed by atoms with Gasteiger partial charge in [0.15, 0.2) is 0 Å². The number of rotatable bonds is 0. The smallest absolute Gasteiger partial charge is 0.323 e. The monoisotopic (exact) mass is 285 g/mol. The lowest BCUT2D eigenvalue weighted by Gasteiger charge is -2.33. The molecule has 98 valence electrons. The second kappa shape index (κ2) is 4.19. The summed E-state index contributed by atoms with van der Waals surface area (Å²) in [6, 6.07) is 24.0. The van der Waals surface area contributed by atoms with E-state index in [1.54, 1.807) is 0 Å². The Kier molecular flexibility index (Phi) is 2.30. The van der Waals surface area contributed by atoms with Crippen molar-refractivity contribution in [2.45, 2.75) is 9.79 Å². The predicted octanol–water partition coefficient (Wildman–Crippen LogP) is 3.35. The highest BCUT2D eigenvalue weighted by Gasteiger charge is 2.36. The number of hydrogen-bond donors (Lipinski definition) is 1. The lowest BCUT2D eigenvalue weighted by molar-refractivity contribution is 1.41. The average Bonchev–Trinajstić information content (AvgIpc) is 2.55. The van der Waals surface area contributed by atoms with Crippen LogP contribution in [-0.4, -0.2) is 6.85 Å². The van der Waals surface area contributed by atoms with Gasteiger partial charge < -0.3 is 5.23 Å². The van der Waals surface area contributed by atoms with Crippen LogP contribution in [0.15, 0.2) is 76.5 Å². The zero-order valence-electron chi connectivity index (χ0n) is 11.3. The Morgan fingerprint density at radius 3 is 2.48 bits per heavy atom. The number of benzene rings is 3. The normalized spacial score (nSPS) is 13.8. The Balaban J connectivity index is 1.85. The minimum absolute atomic E-state index is 0.267. The molecule has 3 heteroatoms. The third kappa shape index (κ3) is 1.55. The third-order valence-corrected chi connectivity index (χ3v) is 5.49. The van der Waals surface area contributed by atoms with E-state index in [4.69, 9.17) is 0 Å². The summed E-state index contributed by atoms with van der Waals surface area (Å²) in [7, 11) is 0. The number of anilines is 1. The molecule has 2 aliphatic rings. The summed E-state index contributed by atoms with van der Waals surface area (Å²) in [6.07, 6.45) is 0. The van der Waals surface area contributed by atoms with Gasteiger partial charge in [0.05, 0.1) is 0 Å². The molecular formula is C18H12BNS. The molecule has 0 saturated heterocycles. The molecule has 0 amide bonds. The summed E-state index contributed by atoms with van der Waals surface area (Å²) < 4.78 is 0. The van der Waals surface area contributed by atoms with Gasteiger partial charge in [-0.25, -0.2) is 0 Å². The SMILES string of the molecule is c1ccc2c(c1)NB1c3ccccc3Sc3cccc-2c31. The standard InChI is InChI=1S/C18H12BNS/c1-3-9-15-12(6-1)13-7-5-11-17-18(13)19(20-15)14-8-2-4-10-16(14)21-17/h1-11,20H. The van der Waals surface area contributed by atoms with Crippen LogP contribution in [0.4, 0.5) is 5.69 Å². The van der Waals surface area contributed by atoms with Crippen LogP contribution in [0.1, 0.15) is 0 Å². The van der Waals surface area contributed by atoms with Gasteiger partial charge in [-0.3, -0.25) is 0 Å². The van der Waals surface area contributed by atoms with Crippen LogP contribution in [0.3, 0.4) is 0 Å². The molecule has 0 unspecified atom stereocenters. The molecule has 0 spiro atoms. The zero-order chi connectivity index (χ0) is 13.8. The van der Waals surface area contributed by atoms with Gasteiger partial charge in [0.1, 0.15) is 0 Å². The van der Waals surface area contributed by atoms with Gasteiger partial charge in [0, 0.05) is 21.0 Å². The van der Waals surface area contributed by atoms with Crippen molar-refractivity contribution in [2.75, 3.05) is 5.23 Å². The summed E-state index contributed by atoms with van der Waals surface area (Å²) >= 11 is 1.88. The molecule has 1 N–H and O–H groups in total. The maximum atomic E-state index is 3.74. The first-order valence-corrected chi connectivity index (χ1v) is 7.99. The molecule has 1 nitrogen and oxygen atoms in total. The molecule has 3 aromatic rings. The van der Waals surface area contributed by atoms with E-state index in [2.05, 4.69) is 72.0 Å². The summed E-state index contributed by atoms with van der Waals surface area (Å²) in [5, 5.41) is 3.74. The van der Waals surface area contributed by atoms with E-state index in [1.165, 1.54) is 37.5 Å². The maximum Gasteiger partial charge on any atom is 0.323 e. The Hall–Kier alpha value is -2.13. The molecule has 0 saturated carbocycles. The van der Waals surface area contributed by atoms with E-state index in [1.807, 2.05) is 11.8 Å². The molecule has 21 heavy (non-hydrogen) atoms. The van der Waals surface area contributed by atoms with E-state index in [0.717, 1.165) is 0 Å². The number of hydrogen-bond acceptors (Lipinski definition) is 2. The van der Waals surface area contributed by atoms with Crippen LogP contribution in [0.25, 0.3) is 11.1 Å². The number of fused-ring (bicyclic) bond motifs is 4. The molecule has 5 rings (SSSR count). The van der Waals surface area contributed by atoms with E-state index in [-0.39, 0.29) is 6.85 Å². The van der Waals surface area contributed by atoms with E-state index in [9.17, 15) is 0 Å². The fraction of sp³-hybridized carbons (Fsp3) is 0. The van der Waals surface area contributed by atoms with Crippen LogP contribution < -0.4 is 16.2 Å². The van der Waals surface area contributed by atoms with Gasteiger partial charge in [-0.2, -0.15) is 0 Å². The zero-order valence-corrected chi connectivity index (χ0v) is 12.2. The van der Waals surface area contributed by atoms with E-state index < -0.39 is 0 Å². The van der Waals surface area contributed by atoms with Gasteiger partial charge in [-0.1, -0.05) is 60.3 Å². The summed E-state index contributed by atoms with van der Waals surface area (Å²) in [6.45, 7) is 0.267. The number of para-hydroxylation sites is 1. The average molecular weight is 285 g/mol. The van der Waals surface area contributed by atoms with Gasteiger partial charge in [-0.15, -0.1) is 0 Å². The highest BCUT2D eigenvalue weighted by molar-refractivity contribution is 8.00. The van der Waals surface area contributed by atoms with Crippen LogP contribution in [-0.2, 0) is 0 Å². The Labute approximate surface area is 128 Å². The Morgan fingerprint density at radius 1 is 0.714 bits per heavy atom. The van der Waals surface area contributed by atoms with E-state index >= 15 is 0 Å². The summed E-state index contributed by atoms with van der Waals surface area (Å²) in [5.41, 5.74) is 6.73. The molecule has 0 aromatic heterocycles. The van der Waals surface area contributed by atoms with Crippen molar-refractivity contribution >= 4 is 35.2 Å². The lowest BCUT2D eigenvalue weighted by atomic mass is 9.47. The van der Waals surface area contributed by atoms with Crippen LogP contribution >= 0.6 is 11.8 Å².